The molecule has 0 heterocycles. The second-order valence-corrected chi connectivity index (χ2v) is 5.50. The van der Waals surface area contributed by atoms with Crippen LogP contribution < -0.4 is 10.6 Å². The van der Waals surface area contributed by atoms with Crippen LogP contribution in [0.5, 0.6) is 0 Å². The molecule has 0 aromatic heterocycles. The Morgan fingerprint density at radius 2 is 1.88 bits per heavy atom. The predicted molar refractivity (Wildman–Crippen MR) is 111 cm³/mol. The lowest BCUT2D eigenvalue weighted by atomic mass is 10.0. The highest BCUT2D eigenvalue weighted by Gasteiger charge is 2.10. The fourth-order valence-corrected chi connectivity index (χ4v) is 2.38. The number of aliphatic imine (C=N–C) groups is 1. The Morgan fingerprint density at radius 3 is 2.52 bits per heavy atom. The summed E-state index contributed by atoms with van der Waals surface area (Å²) >= 11 is 0. The molecular formula is C19H25FIN3O. The van der Waals surface area contributed by atoms with Gasteiger partial charge in [0, 0.05) is 19.0 Å². The second kappa shape index (κ2) is 11.8. The fourth-order valence-electron chi connectivity index (χ4n) is 2.38. The quantitative estimate of drug-likeness (QED) is 0.340. The molecule has 2 aromatic rings. The Kier molecular flexibility index (Phi) is 10.1. The van der Waals surface area contributed by atoms with Gasteiger partial charge in [-0.05, 0) is 30.2 Å². The average molecular weight is 457 g/mol. The van der Waals surface area contributed by atoms with Gasteiger partial charge < -0.3 is 15.7 Å². The highest BCUT2D eigenvalue weighted by Crippen LogP contribution is 2.13. The van der Waals surface area contributed by atoms with Crippen LogP contribution in [0.25, 0.3) is 0 Å². The van der Waals surface area contributed by atoms with E-state index >= 15 is 0 Å². The van der Waals surface area contributed by atoms with Gasteiger partial charge in [0.15, 0.2) is 5.96 Å². The van der Waals surface area contributed by atoms with Crippen molar-refractivity contribution in [1.29, 1.82) is 0 Å². The largest absolute Gasteiger partial charge is 0.396 e. The summed E-state index contributed by atoms with van der Waals surface area (Å²) in [6.07, 6.45) is 0. The van der Waals surface area contributed by atoms with E-state index in [4.69, 9.17) is 0 Å². The van der Waals surface area contributed by atoms with Crippen molar-refractivity contribution in [1.82, 2.24) is 10.6 Å². The minimum atomic E-state index is -0.259. The maximum Gasteiger partial charge on any atom is 0.191 e. The zero-order valence-electron chi connectivity index (χ0n) is 14.3. The van der Waals surface area contributed by atoms with E-state index < -0.39 is 0 Å². The molecule has 0 aliphatic carbocycles. The summed E-state index contributed by atoms with van der Waals surface area (Å²) in [5.74, 6) is 0.380. The topological polar surface area (TPSA) is 56.7 Å². The standard InChI is InChI=1S/C19H24FN3O.HI/c1-2-21-19(22-12-15-7-6-10-18(20)11-15)23-13-17(14-24)16-8-4-3-5-9-16;/h3-11,17,24H,2,12-14H2,1H3,(H2,21,22,23);1H. The monoisotopic (exact) mass is 457 g/mol. The molecule has 0 bridgehead atoms. The smallest absolute Gasteiger partial charge is 0.191 e. The van der Waals surface area contributed by atoms with Gasteiger partial charge in [0.05, 0.1) is 13.2 Å². The van der Waals surface area contributed by atoms with E-state index in [1.165, 1.54) is 12.1 Å². The second-order valence-electron chi connectivity index (χ2n) is 5.50. The lowest BCUT2D eigenvalue weighted by molar-refractivity contribution is 0.265. The number of aliphatic hydroxyl groups excluding tert-OH is 1. The molecule has 25 heavy (non-hydrogen) atoms. The SMILES string of the molecule is CCNC(=NCc1cccc(F)c1)NCC(CO)c1ccccc1.I. The Bertz CT molecular complexity index is 652. The molecular weight excluding hydrogens is 432 g/mol. The Labute approximate surface area is 165 Å². The maximum atomic E-state index is 13.2. The summed E-state index contributed by atoms with van der Waals surface area (Å²) in [7, 11) is 0. The molecule has 3 N–H and O–H groups in total. The van der Waals surface area contributed by atoms with E-state index in [0.29, 0.717) is 19.0 Å². The Morgan fingerprint density at radius 1 is 1.12 bits per heavy atom. The summed E-state index contributed by atoms with van der Waals surface area (Å²) in [6, 6.07) is 16.3. The molecule has 0 fully saturated rings. The molecule has 0 radical (unpaired) electrons. The number of halogens is 2. The Balaban J connectivity index is 0.00000312. The normalized spacial score (nSPS) is 12.2. The first-order valence-corrected chi connectivity index (χ1v) is 8.15. The van der Waals surface area contributed by atoms with Gasteiger partial charge in [-0.2, -0.15) is 0 Å². The third kappa shape index (κ3) is 7.39. The number of guanidine groups is 1. The lowest BCUT2D eigenvalue weighted by Crippen LogP contribution is -2.39. The summed E-state index contributed by atoms with van der Waals surface area (Å²) in [4.78, 5) is 4.47. The Hall–Kier alpha value is -1.67. The molecule has 0 saturated carbocycles. The molecule has 0 spiro atoms. The molecule has 1 atom stereocenters. The van der Waals surface area contributed by atoms with Crippen LogP contribution in [0.15, 0.2) is 59.6 Å². The molecule has 0 saturated heterocycles. The van der Waals surface area contributed by atoms with Crippen molar-refractivity contribution < 1.29 is 9.50 Å². The van der Waals surface area contributed by atoms with Crippen LogP contribution in [0.3, 0.4) is 0 Å². The number of rotatable bonds is 7. The van der Waals surface area contributed by atoms with Crippen molar-refractivity contribution in [3.8, 4) is 0 Å². The highest BCUT2D eigenvalue weighted by atomic mass is 127. The van der Waals surface area contributed by atoms with Gasteiger partial charge in [0.25, 0.3) is 0 Å². The lowest BCUT2D eigenvalue weighted by Gasteiger charge is -2.18. The van der Waals surface area contributed by atoms with Crippen molar-refractivity contribution in [3.05, 3.63) is 71.5 Å². The molecule has 2 aromatic carbocycles. The first-order chi connectivity index (χ1) is 11.7. The van der Waals surface area contributed by atoms with E-state index in [9.17, 15) is 9.50 Å². The van der Waals surface area contributed by atoms with Crippen LogP contribution in [0.2, 0.25) is 0 Å². The summed E-state index contributed by atoms with van der Waals surface area (Å²) in [5, 5.41) is 16.0. The summed E-state index contributed by atoms with van der Waals surface area (Å²) in [5.41, 5.74) is 1.89. The van der Waals surface area contributed by atoms with Crippen LogP contribution in [0, 0.1) is 5.82 Å². The zero-order valence-corrected chi connectivity index (χ0v) is 16.6. The van der Waals surface area contributed by atoms with Gasteiger partial charge in [0.1, 0.15) is 5.82 Å². The number of hydrogen-bond donors (Lipinski definition) is 3. The zero-order chi connectivity index (χ0) is 17.2. The van der Waals surface area contributed by atoms with Crippen molar-refractivity contribution in [2.24, 2.45) is 4.99 Å². The third-order valence-corrected chi connectivity index (χ3v) is 3.66. The average Bonchev–Trinajstić information content (AvgIpc) is 2.61. The van der Waals surface area contributed by atoms with Crippen LogP contribution in [0.1, 0.15) is 24.0 Å². The van der Waals surface area contributed by atoms with Crippen LogP contribution >= 0.6 is 24.0 Å². The van der Waals surface area contributed by atoms with Crippen LogP contribution in [0.4, 0.5) is 4.39 Å². The van der Waals surface area contributed by atoms with E-state index in [1.54, 1.807) is 6.07 Å². The van der Waals surface area contributed by atoms with Crippen LogP contribution in [-0.2, 0) is 6.54 Å². The minimum absolute atomic E-state index is 0. The molecule has 0 aliphatic rings. The summed E-state index contributed by atoms with van der Waals surface area (Å²) in [6.45, 7) is 3.72. The van der Waals surface area contributed by atoms with Gasteiger partial charge in [0.2, 0.25) is 0 Å². The van der Waals surface area contributed by atoms with Crippen molar-refractivity contribution >= 4 is 29.9 Å². The molecule has 0 amide bonds. The molecule has 4 nitrogen and oxygen atoms in total. The number of nitrogens with zero attached hydrogens (tertiary/aromatic N) is 1. The van der Waals surface area contributed by atoms with E-state index in [0.717, 1.165) is 17.7 Å². The van der Waals surface area contributed by atoms with E-state index in [1.807, 2.05) is 43.3 Å². The van der Waals surface area contributed by atoms with Crippen molar-refractivity contribution in [2.75, 3.05) is 19.7 Å². The molecule has 6 heteroatoms. The number of hydrogen-bond acceptors (Lipinski definition) is 2. The van der Waals surface area contributed by atoms with Gasteiger partial charge in [-0.15, -0.1) is 24.0 Å². The van der Waals surface area contributed by atoms with Crippen molar-refractivity contribution in [3.63, 3.8) is 0 Å². The third-order valence-electron chi connectivity index (χ3n) is 3.66. The van der Waals surface area contributed by atoms with E-state index in [2.05, 4.69) is 15.6 Å². The molecule has 136 valence electrons. The van der Waals surface area contributed by atoms with Crippen molar-refractivity contribution in [2.45, 2.75) is 19.4 Å². The van der Waals surface area contributed by atoms with Gasteiger partial charge in [-0.1, -0.05) is 42.5 Å². The number of nitrogens with one attached hydrogen (secondary N) is 2. The van der Waals surface area contributed by atoms with Crippen LogP contribution in [-0.4, -0.2) is 30.8 Å². The summed E-state index contributed by atoms with van der Waals surface area (Å²) < 4.78 is 13.2. The van der Waals surface area contributed by atoms with Gasteiger partial charge in [-0.3, -0.25) is 0 Å². The maximum absolute atomic E-state index is 13.2. The van der Waals surface area contributed by atoms with Gasteiger partial charge in [-0.25, -0.2) is 9.38 Å². The fraction of sp³-hybridized carbons (Fsp3) is 0.316. The predicted octanol–water partition coefficient (Wildman–Crippen LogP) is 3.27. The first kappa shape index (κ1) is 21.4. The molecule has 0 aliphatic heterocycles. The number of benzene rings is 2. The molecule has 2 rings (SSSR count). The molecule has 1 unspecified atom stereocenters. The minimum Gasteiger partial charge on any atom is -0.396 e. The number of aliphatic hydroxyl groups is 1. The highest BCUT2D eigenvalue weighted by molar-refractivity contribution is 14.0. The first-order valence-electron chi connectivity index (χ1n) is 8.15. The van der Waals surface area contributed by atoms with Gasteiger partial charge >= 0.3 is 0 Å². The van der Waals surface area contributed by atoms with E-state index in [-0.39, 0.29) is 42.3 Å².